The lowest BCUT2D eigenvalue weighted by atomic mass is 9.88. The van der Waals surface area contributed by atoms with E-state index in [1.807, 2.05) is 23.0 Å². The lowest BCUT2D eigenvalue weighted by Gasteiger charge is -2.23. The highest BCUT2D eigenvalue weighted by molar-refractivity contribution is 5.94. The molecule has 1 unspecified atom stereocenters. The number of aromatic nitrogens is 3. The molecule has 0 spiro atoms. The fraction of sp³-hybridized carbons (Fsp3) is 0.438. The highest BCUT2D eigenvalue weighted by Crippen LogP contribution is 2.37. The van der Waals surface area contributed by atoms with Crippen LogP contribution in [-0.2, 0) is 11.3 Å². The zero-order chi connectivity index (χ0) is 15.5. The Kier molecular flexibility index (Phi) is 4.09. The van der Waals surface area contributed by atoms with Gasteiger partial charge < -0.3 is 10.1 Å². The summed E-state index contributed by atoms with van der Waals surface area (Å²) >= 11 is 0. The summed E-state index contributed by atoms with van der Waals surface area (Å²) in [5.41, 5.74) is 2.06. The number of unbranched alkanes of at least 4 members (excludes halogenated alkanes) is 1. The largest absolute Gasteiger partial charge is 0.481 e. The third-order valence-electron chi connectivity index (χ3n) is 3.98. The smallest absolute Gasteiger partial charge is 0.226 e. The fourth-order valence-electron chi connectivity index (χ4n) is 2.76. The predicted molar refractivity (Wildman–Crippen MR) is 83.0 cm³/mol. The molecular weight excluding hydrogens is 280 g/mol. The van der Waals surface area contributed by atoms with Gasteiger partial charge in [0.2, 0.25) is 11.8 Å². The Morgan fingerprint density at radius 1 is 1.41 bits per heavy atom. The molecule has 0 bridgehead atoms. The predicted octanol–water partition coefficient (Wildman–Crippen LogP) is 2.56. The van der Waals surface area contributed by atoms with Crippen molar-refractivity contribution in [1.29, 1.82) is 0 Å². The lowest BCUT2D eigenvalue weighted by molar-refractivity contribution is -0.116. The fourth-order valence-corrected chi connectivity index (χ4v) is 2.76. The monoisotopic (exact) mass is 300 g/mol. The van der Waals surface area contributed by atoms with Gasteiger partial charge in [0, 0.05) is 36.7 Å². The van der Waals surface area contributed by atoms with Crippen LogP contribution in [-0.4, -0.2) is 27.8 Å². The van der Waals surface area contributed by atoms with Crippen LogP contribution in [0.4, 0.5) is 5.82 Å². The Balaban J connectivity index is 1.93. The molecule has 0 aromatic carbocycles. The number of ether oxygens (including phenoxy) is 1. The number of fused-ring (bicyclic) bond motifs is 1. The van der Waals surface area contributed by atoms with E-state index >= 15 is 0 Å². The van der Waals surface area contributed by atoms with E-state index in [0.717, 1.165) is 36.3 Å². The molecule has 1 atom stereocenters. The van der Waals surface area contributed by atoms with Crippen LogP contribution in [0, 0.1) is 0 Å². The van der Waals surface area contributed by atoms with Crippen molar-refractivity contribution in [3.05, 3.63) is 35.7 Å². The van der Waals surface area contributed by atoms with Gasteiger partial charge in [0.15, 0.2) is 0 Å². The van der Waals surface area contributed by atoms with Crippen LogP contribution in [0.1, 0.15) is 43.2 Å². The van der Waals surface area contributed by atoms with Crippen LogP contribution < -0.4 is 10.1 Å². The van der Waals surface area contributed by atoms with Gasteiger partial charge in [0.1, 0.15) is 5.82 Å². The second kappa shape index (κ2) is 6.17. The minimum Gasteiger partial charge on any atom is -0.481 e. The number of anilines is 1. The topological polar surface area (TPSA) is 69.0 Å². The van der Waals surface area contributed by atoms with Crippen molar-refractivity contribution in [2.75, 3.05) is 12.4 Å². The van der Waals surface area contributed by atoms with Crippen molar-refractivity contribution in [1.82, 2.24) is 14.8 Å². The van der Waals surface area contributed by atoms with Crippen LogP contribution in [0.3, 0.4) is 0 Å². The molecular formula is C16H20N4O2. The van der Waals surface area contributed by atoms with Gasteiger partial charge in [0.25, 0.3) is 0 Å². The molecule has 1 aliphatic heterocycles. The molecule has 0 aliphatic carbocycles. The Hall–Kier alpha value is -2.37. The van der Waals surface area contributed by atoms with Gasteiger partial charge >= 0.3 is 0 Å². The third kappa shape index (κ3) is 2.68. The first kappa shape index (κ1) is 14.6. The van der Waals surface area contributed by atoms with Crippen LogP contribution in [0.2, 0.25) is 0 Å². The summed E-state index contributed by atoms with van der Waals surface area (Å²) in [6.07, 6.45) is 6.18. The first-order valence-corrected chi connectivity index (χ1v) is 7.58. The molecule has 6 heteroatoms. The average Bonchev–Trinajstić information content (AvgIpc) is 2.95. The molecule has 116 valence electrons. The average molecular weight is 300 g/mol. The van der Waals surface area contributed by atoms with E-state index in [2.05, 4.69) is 22.3 Å². The number of aryl methyl sites for hydroxylation is 1. The van der Waals surface area contributed by atoms with Gasteiger partial charge in [-0.05, 0) is 12.0 Å². The summed E-state index contributed by atoms with van der Waals surface area (Å²) in [4.78, 5) is 16.3. The zero-order valence-electron chi connectivity index (χ0n) is 12.9. The van der Waals surface area contributed by atoms with Crippen molar-refractivity contribution >= 4 is 11.7 Å². The normalized spacial score (nSPS) is 17.0. The molecule has 1 amide bonds. The molecule has 0 saturated heterocycles. The molecule has 1 N–H and O–H groups in total. The van der Waals surface area contributed by atoms with Gasteiger partial charge in [-0.2, -0.15) is 5.10 Å². The molecule has 2 aromatic heterocycles. The maximum absolute atomic E-state index is 12.1. The van der Waals surface area contributed by atoms with E-state index in [1.165, 1.54) is 0 Å². The van der Waals surface area contributed by atoms with Crippen molar-refractivity contribution in [3.8, 4) is 5.88 Å². The number of rotatable bonds is 5. The summed E-state index contributed by atoms with van der Waals surface area (Å²) in [5, 5.41) is 7.39. The number of carbonyl (C=O) groups excluding carboxylic acids is 1. The summed E-state index contributed by atoms with van der Waals surface area (Å²) in [6, 6.07) is 3.78. The van der Waals surface area contributed by atoms with Crippen LogP contribution in [0.5, 0.6) is 5.88 Å². The second-order valence-electron chi connectivity index (χ2n) is 5.46. The number of nitrogens with one attached hydrogen (secondary N) is 1. The van der Waals surface area contributed by atoms with Gasteiger partial charge in [-0.25, -0.2) is 9.67 Å². The second-order valence-corrected chi connectivity index (χ2v) is 5.46. The third-order valence-corrected chi connectivity index (χ3v) is 3.98. The van der Waals surface area contributed by atoms with Gasteiger partial charge in [-0.15, -0.1) is 0 Å². The summed E-state index contributed by atoms with van der Waals surface area (Å²) in [7, 11) is 1.59. The van der Waals surface area contributed by atoms with E-state index < -0.39 is 0 Å². The lowest BCUT2D eigenvalue weighted by Crippen LogP contribution is -2.25. The van der Waals surface area contributed by atoms with Crippen LogP contribution in [0.15, 0.2) is 24.5 Å². The minimum atomic E-state index is -0.00228. The minimum absolute atomic E-state index is 0.00228. The summed E-state index contributed by atoms with van der Waals surface area (Å²) < 4.78 is 6.98. The number of methoxy groups -OCH3 is 1. The summed E-state index contributed by atoms with van der Waals surface area (Å²) in [6.45, 7) is 2.96. The number of carbonyl (C=O) groups is 1. The van der Waals surface area contributed by atoms with Crippen molar-refractivity contribution in [2.24, 2.45) is 0 Å². The van der Waals surface area contributed by atoms with E-state index in [0.29, 0.717) is 12.3 Å². The highest BCUT2D eigenvalue weighted by Gasteiger charge is 2.30. The zero-order valence-corrected chi connectivity index (χ0v) is 12.9. The van der Waals surface area contributed by atoms with Gasteiger partial charge in [0.05, 0.1) is 13.3 Å². The maximum Gasteiger partial charge on any atom is 0.226 e. The van der Waals surface area contributed by atoms with E-state index in [-0.39, 0.29) is 11.8 Å². The molecule has 0 fully saturated rings. The summed E-state index contributed by atoms with van der Waals surface area (Å²) in [5.74, 6) is 1.41. The quantitative estimate of drug-likeness (QED) is 0.921. The molecule has 0 radical (unpaired) electrons. The van der Waals surface area contributed by atoms with E-state index in [9.17, 15) is 4.79 Å². The molecule has 0 saturated carbocycles. The van der Waals surface area contributed by atoms with E-state index in [4.69, 9.17) is 4.74 Å². The number of nitrogens with zero attached hydrogens (tertiary/aromatic N) is 3. The van der Waals surface area contributed by atoms with Crippen LogP contribution in [0.25, 0.3) is 0 Å². The molecule has 3 heterocycles. The first-order chi connectivity index (χ1) is 10.7. The Labute approximate surface area is 129 Å². The highest BCUT2D eigenvalue weighted by atomic mass is 16.5. The number of hydrogen-bond donors (Lipinski definition) is 1. The SMILES string of the molecule is CCCCn1ncc2c1NC(=O)CC2c1ccc(OC)nc1. The first-order valence-electron chi connectivity index (χ1n) is 7.58. The Morgan fingerprint density at radius 2 is 2.27 bits per heavy atom. The van der Waals surface area contributed by atoms with Crippen molar-refractivity contribution in [2.45, 2.75) is 38.6 Å². The molecule has 6 nitrogen and oxygen atoms in total. The van der Waals surface area contributed by atoms with Crippen LogP contribution >= 0.6 is 0 Å². The standard InChI is InChI=1S/C16H20N4O2/c1-3-4-7-20-16-13(10-18-20)12(8-14(21)19-16)11-5-6-15(22-2)17-9-11/h5-6,9-10,12H,3-4,7-8H2,1-2H3,(H,19,21). The molecule has 1 aliphatic rings. The number of amides is 1. The van der Waals surface area contributed by atoms with Crippen molar-refractivity contribution in [3.63, 3.8) is 0 Å². The maximum atomic E-state index is 12.1. The van der Waals surface area contributed by atoms with Crippen molar-refractivity contribution < 1.29 is 9.53 Å². The number of pyridine rings is 1. The Morgan fingerprint density at radius 3 is 2.95 bits per heavy atom. The Bertz CT molecular complexity index is 663. The molecule has 22 heavy (non-hydrogen) atoms. The van der Waals surface area contributed by atoms with Gasteiger partial charge in [-0.3, -0.25) is 4.79 Å². The number of hydrogen-bond acceptors (Lipinski definition) is 4. The molecule has 3 rings (SSSR count). The van der Waals surface area contributed by atoms with E-state index in [1.54, 1.807) is 13.3 Å². The van der Waals surface area contributed by atoms with Gasteiger partial charge in [-0.1, -0.05) is 19.4 Å². The molecule has 2 aromatic rings.